The standard InChI is InChI=1S/C23H26N6O3/c24-22(30)17-5-6-18-12-27-28(21(18)11-17)14-15-1-3-16(4-2-15)23(31)29-20(7-10-32-29)19-13-25-8-9-26-19/h5-6,8-9,11-13,15-16,20H,1-4,7,10,14H2,(H2,24,30)/t15-,16-,20-/m0/s1. The van der Waals surface area contributed by atoms with Crippen LogP contribution in [0.1, 0.15) is 54.2 Å². The number of amides is 2. The van der Waals surface area contributed by atoms with Crippen LogP contribution in [0.25, 0.3) is 10.9 Å². The van der Waals surface area contributed by atoms with Crippen LogP contribution in [-0.4, -0.2) is 43.2 Å². The van der Waals surface area contributed by atoms with E-state index in [1.54, 1.807) is 30.7 Å². The monoisotopic (exact) mass is 434 g/mol. The van der Waals surface area contributed by atoms with Gasteiger partial charge in [-0.2, -0.15) is 5.10 Å². The second kappa shape index (κ2) is 8.66. The number of rotatable bonds is 5. The van der Waals surface area contributed by atoms with Gasteiger partial charge in [-0.15, -0.1) is 0 Å². The lowest BCUT2D eigenvalue weighted by molar-refractivity contribution is -0.183. The zero-order valence-electron chi connectivity index (χ0n) is 17.8. The van der Waals surface area contributed by atoms with E-state index < -0.39 is 5.91 Å². The molecule has 1 saturated carbocycles. The van der Waals surface area contributed by atoms with E-state index in [2.05, 4.69) is 15.1 Å². The molecule has 3 heterocycles. The van der Waals surface area contributed by atoms with Crippen molar-refractivity contribution in [2.75, 3.05) is 6.61 Å². The van der Waals surface area contributed by atoms with Crippen LogP contribution in [0.2, 0.25) is 0 Å². The lowest BCUT2D eigenvalue weighted by Gasteiger charge is -2.31. The van der Waals surface area contributed by atoms with Gasteiger partial charge in [-0.25, -0.2) is 5.06 Å². The van der Waals surface area contributed by atoms with Gasteiger partial charge >= 0.3 is 0 Å². The molecule has 2 aromatic heterocycles. The Labute approximate surface area is 185 Å². The molecule has 1 aromatic carbocycles. The predicted molar refractivity (Wildman–Crippen MR) is 116 cm³/mol. The predicted octanol–water partition coefficient (Wildman–Crippen LogP) is 2.64. The van der Waals surface area contributed by atoms with Gasteiger partial charge in [0.1, 0.15) is 6.04 Å². The van der Waals surface area contributed by atoms with Crippen molar-refractivity contribution < 1.29 is 14.4 Å². The second-order valence-electron chi connectivity index (χ2n) is 8.61. The molecule has 9 nitrogen and oxygen atoms in total. The van der Waals surface area contributed by atoms with Crippen LogP contribution in [0, 0.1) is 11.8 Å². The summed E-state index contributed by atoms with van der Waals surface area (Å²) in [4.78, 5) is 38.9. The lowest BCUT2D eigenvalue weighted by atomic mass is 9.81. The summed E-state index contributed by atoms with van der Waals surface area (Å²) in [6.07, 6.45) is 11.1. The maximum Gasteiger partial charge on any atom is 0.249 e. The van der Waals surface area contributed by atoms with Crippen molar-refractivity contribution in [3.63, 3.8) is 0 Å². The average Bonchev–Trinajstić information content (AvgIpc) is 3.47. The first-order chi connectivity index (χ1) is 15.6. The number of hydrogen-bond donors (Lipinski definition) is 1. The number of nitrogens with two attached hydrogens (primary N) is 1. The first-order valence-electron chi connectivity index (χ1n) is 11.1. The number of hydrogen-bond acceptors (Lipinski definition) is 6. The Bertz CT molecular complexity index is 1120. The lowest BCUT2D eigenvalue weighted by Crippen LogP contribution is -2.37. The number of benzene rings is 1. The van der Waals surface area contributed by atoms with Crippen molar-refractivity contribution in [1.29, 1.82) is 0 Å². The summed E-state index contributed by atoms with van der Waals surface area (Å²) in [5, 5.41) is 7.02. The largest absolute Gasteiger partial charge is 0.366 e. The molecule has 1 aliphatic heterocycles. The van der Waals surface area contributed by atoms with Gasteiger partial charge in [0.05, 0.1) is 30.2 Å². The summed E-state index contributed by atoms with van der Waals surface area (Å²) >= 11 is 0. The van der Waals surface area contributed by atoms with Gasteiger partial charge in [0, 0.05) is 42.2 Å². The Morgan fingerprint density at radius 1 is 1.09 bits per heavy atom. The third kappa shape index (κ3) is 3.95. The highest BCUT2D eigenvalue weighted by Crippen LogP contribution is 2.36. The molecule has 2 fully saturated rings. The topological polar surface area (TPSA) is 116 Å². The SMILES string of the molecule is NC(=O)c1ccc2cnn(C[C@H]3CC[C@H](C(=O)N4OCC[C@H]4c4cnccn4)CC3)c2c1. The third-order valence-electron chi connectivity index (χ3n) is 6.60. The van der Waals surface area contributed by atoms with Crippen LogP contribution < -0.4 is 5.73 Å². The van der Waals surface area contributed by atoms with Crippen LogP contribution in [0.4, 0.5) is 0 Å². The number of fused-ring (bicyclic) bond motifs is 1. The minimum atomic E-state index is -0.442. The van der Waals surface area contributed by atoms with Crippen LogP contribution in [0.3, 0.4) is 0 Å². The van der Waals surface area contributed by atoms with Crippen molar-refractivity contribution >= 4 is 22.7 Å². The molecular formula is C23H26N6O3. The maximum atomic E-state index is 13.2. The minimum absolute atomic E-state index is 0.0423. The molecule has 2 aliphatic rings. The highest BCUT2D eigenvalue weighted by molar-refractivity contribution is 5.96. The molecule has 0 bridgehead atoms. The molecule has 9 heteroatoms. The molecule has 0 radical (unpaired) electrons. The fourth-order valence-electron chi connectivity index (χ4n) is 4.82. The summed E-state index contributed by atoms with van der Waals surface area (Å²) < 4.78 is 1.95. The van der Waals surface area contributed by atoms with E-state index in [0.29, 0.717) is 18.1 Å². The van der Waals surface area contributed by atoms with Crippen molar-refractivity contribution in [3.8, 4) is 0 Å². The number of primary amides is 1. The molecule has 32 heavy (non-hydrogen) atoms. The molecule has 0 unspecified atom stereocenters. The molecule has 1 atom stereocenters. The first kappa shape index (κ1) is 20.6. The van der Waals surface area contributed by atoms with E-state index in [9.17, 15) is 9.59 Å². The van der Waals surface area contributed by atoms with Gasteiger partial charge < -0.3 is 5.73 Å². The fourth-order valence-corrected chi connectivity index (χ4v) is 4.82. The molecule has 1 saturated heterocycles. The summed E-state index contributed by atoms with van der Waals surface area (Å²) in [6, 6.07) is 5.24. The van der Waals surface area contributed by atoms with Crippen molar-refractivity contribution in [2.24, 2.45) is 17.6 Å². The summed E-state index contributed by atoms with van der Waals surface area (Å²) in [5.41, 5.74) is 7.60. The molecule has 0 spiro atoms. The van der Waals surface area contributed by atoms with Crippen molar-refractivity contribution in [2.45, 2.75) is 44.7 Å². The summed E-state index contributed by atoms with van der Waals surface area (Å²) in [6.45, 7) is 1.27. The third-order valence-corrected chi connectivity index (χ3v) is 6.60. The Morgan fingerprint density at radius 3 is 2.69 bits per heavy atom. The number of nitrogens with zero attached hydrogens (tertiary/aromatic N) is 5. The highest BCUT2D eigenvalue weighted by Gasteiger charge is 2.38. The maximum absolute atomic E-state index is 13.2. The summed E-state index contributed by atoms with van der Waals surface area (Å²) in [5.74, 6) is -0.0103. The number of aromatic nitrogens is 4. The number of carbonyl (C=O) groups is 2. The zero-order valence-corrected chi connectivity index (χ0v) is 17.8. The van der Waals surface area contributed by atoms with E-state index in [0.717, 1.165) is 55.2 Å². The number of carbonyl (C=O) groups excluding carboxylic acids is 2. The minimum Gasteiger partial charge on any atom is -0.366 e. The average molecular weight is 435 g/mol. The van der Waals surface area contributed by atoms with E-state index in [1.165, 1.54) is 5.06 Å². The molecule has 166 valence electrons. The summed E-state index contributed by atoms with van der Waals surface area (Å²) in [7, 11) is 0. The molecule has 5 rings (SSSR count). The Hall–Kier alpha value is -3.33. The van der Waals surface area contributed by atoms with Gasteiger partial charge in [-0.1, -0.05) is 6.07 Å². The quantitative estimate of drug-likeness (QED) is 0.660. The van der Waals surface area contributed by atoms with Gasteiger partial charge in [0.25, 0.3) is 0 Å². The zero-order chi connectivity index (χ0) is 22.1. The smallest absolute Gasteiger partial charge is 0.249 e. The fraction of sp³-hybridized carbons (Fsp3) is 0.435. The van der Waals surface area contributed by atoms with Crippen LogP contribution in [0.15, 0.2) is 43.0 Å². The van der Waals surface area contributed by atoms with Crippen molar-refractivity contribution in [1.82, 2.24) is 24.8 Å². The second-order valence-corrected chi connectivity index (χ2v) is 8.61. The van der Waals surface area contributed by atoms with Gasteiger partial charge in [-0.05, 0) is 43.7 Å². The molecule has 2 amide bonds. The normalized spacial score (nSPS) is 23.5. The van der Waals surface area contributed by atoms with Crippen LogP contribution in [-0.2, 0) is 16.2 Å². The van der Waals surface area contributed by atoms with E-state index in [1.807, 2.05) is 16.9 Å². The Balaban J connectivity index is 1.22. The molecule has 2 N–H and O–H groups in total. The van der Waals surface area contributed by atoms with E-state index >= 15 is 0 Å². The molecule has 3 aromatic rings. The molecular weight excluding hydrogens is 408 g/mol. The van der Waals surface area contributed by atoms with Gasteiger partial charge in [0.2, 0.25) is 11.8 Å². The Morgan fingerprint density at radius 2 is 1.94 bits per heavy atom. The van der Waals surface area contributed by atoms with Crippen molar-refractivity contribution in [3.05, 3.63) is 54.2 Å². The van der Waals surface area contributed by atoms with E-state index in [-0.39, 0.29) is 17.9 Å². The highest BCUT2D eigenvalue weighted by atomic mass is 16.7. The number of hydroxylamine groups is 2. The van der Waals surface area contributed by atoms with Crippen LogP contribution >= 0.6 is 0 Å². The Kier molecular flexibility index (Phi) is 5.57. The van der Waals surface area contributed by atoms with Crippen LogP contribution in [0.5, 0.6) is 0 Å². The first-order valence-corrected chi connectivity index (χ1v) is 11.1. The van der Waals surface area contributed by atoms with Gasteiger partial charge in [0.15, 0.2) is 0 Å². The van der Waals surface area contributed by atoms with E-state index in [4.69, 9.17) is 10.6 Å². The molecule has 1 aliphatic carbocycles. The van der Waals surface area contributed by atoms with Gasteiger partial charge in [-0.3, -0.25) is 29.1 Å².